The first-order chi connectivity index (χ1) is 8.88. The molecule has 5 heteroatoms. The molecule has 1 saturated carbocycles. The van der Waals surface area contributed by atoms with Crippen molar-refractivity contribution in [3.05, 3.63) is 11.8 Å². The maximum atomic E-state index is 10.7. The molecule has 0 aliphatic heterocycles. The van der Waals surface area contributed by atoms with E-state index in [1.807, 2.05) is 4.68 Å². The summed E-state index contributed by atoms with van der Waals surface area (Å²) >= 11 is 1.36. The second-order valence-corrected chi connectivity index (χ2v) is 7.15. The average Bonchev–Trinajstić information content (AvgIpc) is 2.94. The molecule has 106 valence electrons. The van der Waals surface area contributed by atoms with E-state index in [9.17, 15) is 4.79 Å². The first kappa shape index (κ1) is 14.4. The van der Waals surface area contributed by atoms with Gasteiger partial charge in [0.25, 0.3) is 0 Å². The molecule has 1 N–H and O–H groups in total. The summed E-state index contributed by atoms with van der Waals surface area (Å²) < 4.78 is 1.98. The summed E-state index contributed by atoms with van der Waals surface area (Å²) in [4.78, 5) is 10.7. The molecular formula is C14H22N2O2S. The van der Waals surface area contributed by atoms with Crippen molar-refractivity contribution < 1.29 is 9.90 Å². The zero-order chi connectivity index (χ0) is 14.0. The number of carbonyl (C=O) groups is 1. The van der Waals surface area contributed by atoms with Crippen LogP contribution in [0.3, 0.4) is 0 Å². The zero-order valence-electron chi connectivity index (χ0n) is 11.8. The summed E-state index contributed by atoms with van der Waals surface area (Å²) in [5, 5.41) is 14.5. The third-order valence-electron chi connectivity index (χ3n) is 3.45. The van der Waals surface area contributed by atoms with Crippen molar-refractivity contribution in [2.24, 2.45) is 0 Å². The van der Waals surface area contributed by atoms with Crippen LogP contribution in [0.5, 0.6) is 0 Å². The van der Waals surface area contributed by atoms with E-state index in [0.717, 1.165) is 10.7 Å². The van der Waals surface area contributed by atoms with Crippen LogP contribution in [-0.4, -0.2) is 26.6 Å². The van der Waals surface area contributed by atoms with E-state index < -0.39 is 5.97 Å². The minimum Gasteiger partial charge on any atom is -0.481 e. The Kier molecular flexibility index (Phi) is 4.23. The van der Waals surface area contributed by atoms with E-state index in [2.05, 4.69) is 26.8 Å². The van der Waals surface area contributed by atoms with Crippen molar-refractivity contribution in [1.82, 2.24) is 9.78 Å². The summed E-state index contributed by atoms with van der Waals surface area (Å²) in [5.41, 5.74) is 1.03. The lowest BCUT2D eigenvalue weighted by Crippen LogP contribution is -2.24. The summed E-state index contributed by atoms with van der Waals surface area (Å²) in [6, 6.07) is 2.09. The minimum atomic E-state index is -0.783. The van der Waals surface area contributed by atoms with Gasteiger partial charge in [-0.15, -0.1) is 0 Å². The van der Waals surface area contributed by atoms with Gasteiger partial charge in [0.1, 0.15) is 0 Å². The molecule has 1 aliphatic carbocycles. The van der Waals surface area contributed by atoms with Crippen LogP contribution in [0.15, 0.2) is 11.1 Å². The van der Waals surface area contributed by atoms with Gasteiger partial charge < -0.3 is 5.11 Å². The predicted octanol–water partition coefficient (Wildman–Crippen LogP) is 3.47. The first-order valence-corrected chi connectivity index (χ1v) is 7.81. The van der Waals surface area contributed by atoms with Crippen molar-refractivity contribution in [2.45, 2.75) is 62.9 Å². The van der Waals surface area contributed by atoms with E-state index in [-0.39, 0.29) is 11.3 Å². The van der Waals surface area contributed by atoms with E-state index in [0.29, 0.717) is 5.92 Å². The fourth-order valence-corrected chi connectivity index (χ4v) is 3.43. The van der Waals surface area contributed by atoms with Gasteiger partial charge >= 0.3 is 5.97 Å². The number of aromatic nitrogens is 2. The molecule has 0 unspecified atom stereocenters. The van der Waals surface area contributed by atoms with Gasteiger partial charge in [-0.3, -0.25) is 9.48 Å². The number of hydrogen-bond acceptors (Lipinski definition) is 3. The molecule has 19 heavy (non-hydrogen) atoms. The van der Waals surface area contributed by atoms with Crippen LogP contribution in [-0.2, 0) is 10.3 Å². The molecule has 1 aliphatic rings. The van der Waals surface area contributed by atoms with Crippen LogP contribution in [0.1, 0.15) is 58.1 Å². The van der Waals surface area contributed by atoms with Crippen molar-refractivity contribution in [3.8, 4) is 0 Å². The van der Waals surface area contributed by atoms with Crippen LogP contribution in [0, 0.1) is 0 Å². The fraction of sp³-hybridized carbons (Fsp3) is 0.714. The molecule has 0 radical (unpaired) electrons. The topological polar surface area (TPSA) is 55.1 Å². The third-order valence-corrected chi connectivity index (χ3v) is 4.43. The van der Waals surface area contributed by atoms with E-state index in [4.69, 9.17) is 10.2 Å². The fourth-order valence-electron chi connectivity index (χ4n) is 2.52. The molecule has 0 amide bonds. The number of rotatable bonds is 4. The molecular weight excluding hydrogens is 260 g/mol. The number of carboxylic acid groups (broad SMARTS) is 1. The van der Waals surface area contributed by atoms with E-state index >= 15 is 0 Å². The molecule has 1 aromatic rings. The number of aliphatic carboxylic acids is 1. The van der Waals surface area contributed by atoms with E-state index in [1.54, 1.807) is 0 Å². The summed E-state index contributed by atoms with van der Waals surface area (Å²) in [7, 11) is 0. The van der Waals surface area contributed by atoms with Gasteiger partial charge in [0, 0.05) is 5.92 Å². The Bertz CT molecular complexity index is 457. The summed E-state index contributed by atoms with van der Waals surface area (Å²) in [6.07, 6.45) is 4.99. The van der Waals surface area contributed by atoms with Crippen LogP contribution in [0.25, 0.3) is 0 Å². The van der Waals surface area contributed by atoms with Crippen molar-refractivity contribution in [2.75, 3.05) is 5.75 Å². The highest BCUT2D eigenvalue weighted by atomic mass is 32.2. The number of hydrogen-bond donors (Lipinski definition) is 1. The molecule has 1 fully saturated rings. The van der Waals surface area contributed by atoms with Gasteiger partial charge in [-0.25, -0.2) is 0 Å². The number of nitrogens with zero attached hydrogens (tertiary/aromatic N) is 2. The molecule has 0 atom stereocenters. The second kappa shape index (κ2) is 5.57. The summed E-state index contributed by atoms with van der Waals surface area (Å²) in [6.45, 7) is 6.30. The van der Waals surface area contributed by atoms with Gasteiger partial charge in [-0.1, -0.05) is 24.6 Å². The van der Waals surface area contributed by atoms with Crippen LogP contribution in [0.2, 0.25) is 0 Å². The Morgan fingerprint density at radius 1 is 1.47 bits per heavy atom. The molecule has 4 nitrogen and oxygen atoms in total. The largest absolute Gasteiger partial charge is 0.481 e. The van der Waals surface area contributed by atoms with Crippen LogP contribution < -0.4 is 0 Å². The predicted molar refractivity (Wildman–Crippen MR) is 76.8 cm³/mol. The average molecular weight is 282 g/mol. The molecule has 1 aromatic heterocycles. The van der Waals surface area contributed by atoms with Gasteiger partial charge in [0.05, 0.1) is 22.0 Å². The maximum Gasteiger partial charge on any atom is 0.313 e. The van der Waals surface area contributed by atoms with Crippen molar-refractivity contribution >= 4 is 17.7 Å². The normalized spacial score (nSPS) is 17.0. The van der Waals surface area contributed by atoms with Gasteiger partial charge in [0.2, 0.25) is 0 Å². The first-order valence-electron chi connectivity index (χ1n) is 6.83. The lowest BCUT2D eigenvalue weighted by molar-refractivity contribution is -0.133. The second-order valence-electron chi connectivity index (χ2n) is 6.15. The molecule has 0 bridgehead atoms. The van der Waals surface area contributed by atoms with E-state index in [1.165, 1.54) is 37.4 Å². The Balaban J connectivity index is 2.25. The molecule has 0 saturated heterocycles. The van der Waals surface area contributed by atoms with Gasteiger partial charge in [0.15, 0.2) is 0 Å². The summed E-state index contributed by atoms with van der Waals surface area (Å²) in [5.74, 6) is -0.131. The SMILES string of the molecule is CC(C)(C)n1nc(C2CCCC2)cc1SCC(=O)O. The Morgan fingerprint density at radius 3 is 2.63 bits per heavy atom. The van der Waals surface area contributed by atoms with Gasteiger partial charge in [-0.05, 0) is 39.7 Å². The third kappa shape index (κ3) is 3.53. The highest BCUT2D eigenvalue weighted by molar-refractivity contribution is 7.99. The smallest absolute Gasteiger partial charge is 0.313 e. The zero-order valence-corrected chi connectivity index (χ0v) is 12.7. The number of carboxylic acids is 1. The molecule has 0 aromatic carbocycles. The lowest BCUT2D eigenvalue weighted by Gasteiger charge is -2.22. The Labute approximate surface area is 118 Å². The maximum absolute atomic E-state index is 10.7. The number of thioether (sulfide) groups is 1. The Morgan fingerprint density at radius 2 is 2.11 bits per heavy atom. The molecule has 0 spiro atoms. The quantitative estimate of drug-likeness (QED) is 0.859. The molecule has 2 rings (SSSR count). The molecule has 1 heterocycles. The highest BCUT2D eigenvalue weighted by Crippen LogP contribution is 2.36. The monoisotopic (exact) mass is 282 g/mol. The van der Waals surface area contributed by atoms with Crippen molar-refractivity contribution in [1.29, 1.82) is 0 Å². The Hall–Kier alpha value is -0.970. The van der Waals surface area contributed by atoms with Crippen LogP contribution in [0.4, 0.5) is 0 Å². The standard InChI is InChI=1S/C14H22N2O2S/c1-14(2,3)16-12(19-9-13(17)18)8-11(15-16)10-6-4-5-7-10/h8,10H,4-7,9H2,1-3H3,(H,17,18). The van der Waals surface area contributed by atoms with Gasteiger partial charge in [-0.2, -0.15) is 5.10 Å². The minimum absolute atomic E-state index is 0.0892. The van der Waals surface area contributed by atoms with Crippen LogP contribution >= 0.6 is 11.8 Å². The van der Waals surface area contributed by atoms with Crippen molar-refractivity contribution in [3.63, 3.8) is 0 Å². The lowest BCUT2D eigenvalue weighted by atomic mass is 10.1. The highest BCUT2D eigenvalue weighted by Gasteiger charge is 2.25.